The van der Waals surface area contributed by atoms with Crippen LogP contribution in [0.2, 0.25) is 0 Å². The second-order valence-corrected chi connectivity index (χ2v) is 3.37. The molecule has 88 valence electrons. The molecular weight excluding hydrogens is 196 g/mol. The van der Waals surface area contributed by atoms with Gasteiger partial charge in [-0.05, 0) is 20.8 Å². The molecule has 0 aromatic rings. The molecule has 0 saturated carbocycles. The van der Waals surface area contributed by atoms with Gasteiger partial charge in [0.25, 0.3) is 0 Å². The minimum atomic E-state index is -0.273. The third-order valence-corrected chi connectivity index (χ3v) is 1.95. The highest BCUT2D eigenvalue weighted by atomic mass is 16.6. The van der Waals surface area contributed by atoms with Crippen LogP contribution in [0.5, 0.6) is 0 Å². The van der Waals surface area contributed by atoms with E-state index in [1.54, 1.807) is 14.0 Å². The zero-order chi connectivity index (χ0) is 11.7. The van der Waals surface area contributed by atoms with Crippen LogP contribution in [0.1, 0.15) is 20.8 Å². The lowest BCUT2D eigenvalue weighted by Crippen LogP contribution is -2.13. The molecular formula is C11H20O4. The fourth-order valence-corrected chi connectivity index (χ4v) is 0.750. The van der Waals surface area contributed by atoms with Crippen molar-refractivity contribution in [2.45, 2.75) is 20.8 Å². The van der Waals surface area contributed by atoms with Crippen LogP contribution in [0.25, 0.3) is 0 Å². The van der Waals surface area contributed by atoms with Gasteiger partial charge in [0.05, 0.1) is 19.8 Å². The van der Waals surface area contributed by atoms with Gasteiger partial charge in [-0.3, -0.25) is 0 Å². The molecule has 0 aromatic heterocycles. The molecule has 0 bridgehead atoms. The molecule has 15 heavy (non-hydrogen) atoms. The molecule has 0 fully saturated rings. The Morgan fingerprint density at radius 1 is 1.00 bits per heavy atom. The Bertz CT molecular complexity index is 217. The molecule has 0 unspecified atom stereocenters. The Kier molecular flexibility index (Phi) is 7.95. The molecule has 4 heteroatoms. The average molecular weight is 216 g/mol. The first kappa shape index (κ1) is 14.1. The predicted molar refractivity (Wildman–Crippen MR) is 57.7 cm³/mol. The molecule has 0 aliphatic rings. The van der Waals surface area contributed by atoms with E-state index in [9.17, 15) is 4.79 Å². The molecule has 0 rings (SSSR count). The second-order valence-electron chi connectivity index (χ2n) is 3.37. The zero-order valence-electron chi connectivity index (χ0n) is 9.96. The Morgan fingerprint density at radius 2 is 1.60 bits per heavy atom. The number of carbonyl (C=O) groups excluding carboxylic acids is 1. The average Bonchev–Trinajstić information content (AvgIpc) is 2.21. The maximum atomic E-state index is 11.3. The normalized spacial score (nSPS) is 9.87. The highest BCUT2D eigenvalue weighted by Gasteiger charge is 2.06. The Morgan fingerprint density at radius 3 is 2.13 bits per heavy atom. The lowest BCUT2D eigenvalue weighted by Gasteiger charge is -2.06. The Labute approximate surface area is 91.2 Å². The van der Waals surface area contributed by atoms with Crippen LogP contribution >= 0.6 is 0 Å². The van der Waals surface area contributed by atoms with Crippen molar-refractivity contribution in [3.63, 3.8) is 0 Å². The molecule has 0 spiro atoms. The molecule has 0 amide bonds. The van der Waals surface area contributed by atoms with Crippen molar-refractivity contribution in [2.24, 2.45) is 0 Å². The first-order valence-corrected chi connectivity index (χ1v) is 4.97. The van der Waals surface area contributed by atoms with Gasteiger partial charge < -0.3 is 14.2 Å². The maximum Gasteiger partial charge on any atom is 0.333 e. The summed E-state index contributed by atoms with van der Waals surface area (Å²) in [5.74, 6) is -0.273. The summed E-state index contributed by atoms with van der Waals surface area (Å²) < 4.78 is 14.9. The topological polar surface area (TPSA) is 44.8 Å². The van der Waals surface area contributed by atoms with E-state index < -0.39 is 0 Å². The van der Waals surface area contributed by atoms with Gasteiger partial charge in [-0.15, -0.1) is 0 Å². The van der Waals surface area contributed by atoms with Gasteiger partial charge in [-0.1, -0.05) is 5.57 Å². The number of rotatable bonds is 7. The number of ether oxygens (including phenoxy) is 3. The smallest absolute Gasteiger partial charge is 0.333 e. The van der Waals surface area contributed by atoms with Gasteiger partial charge in [0.1, 0.15) is 6.61 Å². The number of allylic oxidation sites excluding steroid dienone is 1. The van der Waals surface area contributed by atoms with E-state index in [2.05, 4.69) is 0 Å². The fraction of sp³-hybridized carbons (Fsp3) is 0.727. The summed E-state index contributed by atoms with van der Waals surface area (Å²) in [6, 6.07) is 0. The summed E-state index contributed by atoms with van der Waals surface area (Å²) in [5, 5.41) is 0. The van der Waals surface area contributed by atoms with Gasteiger partial charge >= 0.3 is 5.97 Å². The molecule has 0 radical (unpaired) electrons. The van der Waals surface area contributed by atoms with Gasteiger partial charge in [-0.2, -0.15) is 0 Å². The first-order valence-electron chi connectivity index (χ1n) is 4.97. The molecule has 0 saturated heterocycles. The quantitative estimate of drug-likeness (QED) is 0.368. The number of hydrogen-bond acceptors (Lipinski definition) is 4. The summed E-state index contributed by atoms with van der Waals surface area (Å²) >= 11 is 0. The van der Waals surface area contributed by atoms with E-state index in [-0.39, 0.29) is 12.6 Å². The lowest BCUT2D eigenvalue weighted by molar-refractivity contribution is -0.140. The lowest BCUT2D eigenvalue weighted by atomic mass is 10.2. The van der Waals surface area contributed by atoms with Crippen LogP contribution in [-0.4, -0.2) is 39.5 Å². The molecule has 0 aliphatic carbocycles. The monoisotopic (exact) mass is 216 g/mol. The number of methoxy groups -OCH3 is 1. The van der Waals surface area contributed by atoms with Gasteiger partial charge in [0.2, 0.25) is 0 Å². The molecule has 0 heterocycles. The zero-order valence-corrected chi connectivity index (χ0v) is 9.96. The van der Waals surface area contributed by atoms with Crippen LogP contribution in [0.15, 0.2) is 11.1 Å². The summed E-state index contributed by atoms with van der Waals surface area (Å²) in [6.07, 6.45) is 0. The minimum Gasteiger partial charge on any atom is -0.460 e. The van der Waals surface area contributed by atoms with Crippen molar-refractivity contribution >= 4 is 5.97 Å². The van der Waals surface area contributed by atoms with Crippen LogP contribution in [0.3, 0.4) is 0 Å². The third kappa shape index (κ3) is 7.11. The van der Waals surface area contributed by atoms with E-state index >= 15 is 0 Å². The van der Waals surface area contributed by atoms with Crippen LogP contribution < -0.4 is 0 Å². The largest absolute Gasteiger partial charge is 0.460 e. The second kappa shape index (κ2) is 8.44. The van der Waals surface area contributed by atoms with Crippen LogP contribution in [-0.2, 0) is 19.0 Å². The SMILES string of the molecule is COCCOCCOC(=O)C(C)=C(C)C. The van der Waals surface area contributed by atoms with E-state index in [0.717, 1.165) is 5.57 Å². The number of esters is 1. The molecule has 0 aliphatic heterocycles. The first-order chi connectivity index (χ1) is 7.09. The summed E-state index contributed by atoms with van der Waals surface area (Å²) in [5.41, 5.74) is 1.63. The Hall–Kier alpha value is -0.870. The van der Waals surface area contributed by atoms with Crippen molar-refractivity contribution in [2.75, 3.05) is 33.5 Å². The van der Waals surface area contributed by atoms with Crippen LogP contribution in [0.4, 0.5) is 0 Å². The summed E-state index contributed by atoms with van der Waals surface area (Å²) in [4.78, 5) is 11.3. The van der Waals surface area contributed by atoms with Crippen molar-refractivity contribution in [1.82, 2.24) is 0 Å². The van der Waals surface area contributed by atoms with Crippen molar-refractivity contribution in [1.29, 1.82) is 0 Å². The standard InChI is InChI=1S/C11H20O4/c1-9(2)10(3)11(12)15-8-7-14-6-5-13-4/h5-8H2,1-4H3. The van der Waals surface area contributed by atoms with Gasteiger partial charge in [0, 0.05) is 12.7 Å². The van der Waals surface area contributed by atoms with Gasteiger partial charge in [-0.25, -0.2) is 4.79 Å². The molecule has 0 N–H and O–H groups in total. The fourth-order valence-electron chi connectivity index (χ4n) is 0.750. The summed E-state index contributed by atoms with van der Waals surface area (Å²) in [7, 11) is 1.61. The highest BCUT2D eigenvalue weighted by molar-refractivity contribution is 5.88. The van der Waals surface area contributed by atoms with Crippen molar-refractivity contribution in [3.8, 4) is 0 Å². The van der Waals surface area contributed by atoms with Crippen LogP contribution in [0, 0.1) is 0 Å². The predicted octanol–water partition coefficient (Wildman–Crippen LogP) is 1.55. The Balaban J connectivity index is 3.52. The summed E-state index contributed by atoms with van der Waals surface area (Å²) in [6.45, 7) is 7.29. The molecule has 4 nitrogen and oxygen atoms in total. The minimum absolute atomic E-state index is 0.273. The van der Waals surface area contributed by atoms with Crippen molar-refractivity contribution < 1.29 is 19.0 Å². The van der Waals surface area contributed by atoms with E-state index in [4.69, 9.17) is 14.2 Å². The van der Waals surface area contributed by atoms with E-state index in [1.807, 2.05) is 13.8 Å². The van der Waals surface area contributed by atoms with Crippen molar-refractivity contribution in [3.05, 3.63) is 11.1 Å². The van der Waals surface area contributed by atoms with E-state index in [1.165, 1.54) is 0 Å². The van der Waals surface area contributed by atoms with Gasteiger partial charge in [0.15, 0.2) is 0 Å². The van der Waals surface area contributed by atoms with E-state index in [0.29, 0.717) is 25.4 Å². The highest BCUT2D eigenvalue weighted by Crippen LogP contribution is 2.03. The molecule has 0 atom stereocenters. The number of carbonyl (C=O) groups is 1. The number of hydrogen-bond donors (Lipinski definition) is 0. The third-order valence-electron chi connectivity index (χ3n) is 1.95. The molecule has 0 aromatic carbocycles. The maximum absolute atomic E-state index is 11.3.